The topological polar surface area (TPSA) is 0 Å². The molecule has 0 aromatic carbocycles. The molecule has 0 aliphatic carbocycles. The van der Waals surface area contributed by atoms with E-state index in [0.29, 0.717) is 5.25 Å². The van der Waals surface area contributed by atoms with Crippen LogP contribution in [0, 0.1) is 0 Å². The van der Waals surface area contributed by atoms with Gasteiger partial charge in [0, 0.05) is 5.25 Å². The van der Waals surface area contributed by atoms with Gasteiger partial charge in [0.25, 0.3) is 0 Å². The van der Waals surface area contributed by atoms with Crippen LogP contribution in [0.3, 0.4) is 0 Å². The maximum atomic E-state index is 5.75. The van der Waals surface area contributed by atoms with E-state index in [1.54, 1.807) is 11.3 Å². The molecule has 1 aromatic heterocycles. The summed E-state index contributed by atoms with van der Waals surface area (Å²) in [5.74, 6) is 0. The Bertz CT molecular complexity index is 205. The summed E-state index contributed by atoms with van der Waals surface area (Å²) in [6.07, 6.45) is 0. The quantitative estimate of drug-likeness (QED) is 0.641. The number of thiophene rings is 1. The van der Waals surface area contributed by atoms with Gasteiger partial charge in [0.15, 0.2) is 0 Å². The Morgan fingerprint density at radius 2 is 2.20 bits per heavy atom. The van der Waals surface area contributed by atoms with Gasteiger partial charge in [0.05, 0.1) is 8.55 Å². The van der Waals surface area contributed by atoms with Gasteiger partial charge < -0.3 is 0 Å². The van der Waals surface area contributed by atoms with Crippen molar-refractivity contribution in [1.82, 2.24) is 0 Å². The summed E-state index contributed by atoms with van der Waals surface area (Å²) in [6, 6.07) is 4.01. The van der Waals surface area contributed by atoms with Crippen LogP contribution in [-0.2, 0) is 0 Å². The summed E-state index contributed by atoms with van der Waals surface area (Å²) in [7, 11) is 0. The Morgan fingerprint density at radius 3 is 2.60 bits per heavy atom. The van der Waals surface area contributed by atoms with Gasteiger partial charge in [-0.3, -0.25) is 0 Å². The molecule has 0 aliphatic heterocycles. The number of halogens is 1. The molecule has 10 heavy (non-hydrogen) atoms. The molecule has 0 saturated heterocycles. The van der Waals surface area contributed by atoms with Crippen molar-refractivity contribution in [3.05, 3.63) is 16.5 Å². The third-order valence-electron chi connectivity index (χ3n) is 0.900. The molecule has 0 aliphatic rings. The van der Waals surface area contributed by atoms with Crippen LogP contribution in [0.25, 0.3) is 0 Å². The van der Waals surface area contributed by atoms with Crippen molar-refractivity contribution in [2.75, 3.05) is 0 Å². The Labute approximate surface area is 74.6 Å². The minimum absolute atomic E-state index is 0.648. The smallest absolute Gasteiger partial charge is 0.0940 e. The first kappa shape index (κ1) is 8.44. The molecular formula is C7H9ClS2. The van der Waals surface area contributed by atoms with E-state index in [9.17, 15) is 0 Å². The van der Waals surface area contributed by atoms with Crippen LogP contribution < -0.4 is 0 Å². The molecule has 1 aromatic rings. The summed E-state index contributed by atoms with van der Waals surface area (Å²) in [4.78, 5) is 0. The molecule has 0 N–H and O–H groups in total. The van der Waals surface area contributed by atoms with Crippen LogP contribution in [0.15, 0.2) is 16.3 Å². The number of hydrogen-bond acceptors (Lipinski definition) is 2. The molecule has 0 saturated carbocycles. The zero-order chi connectivity index (χ0) is 7.56. The van der Waals surface area contributed by atoms with Gasteiger partial charge in [0.2, 0.25) is 0 Å². The molecule has 0 nitrogen and oxygen atoms in total. The molecule has 56 valence electrons. The zero-order valence-electron chi connectivity index (χ0n) is 5.93. The molecule has 0 bridgehead atoms. The first-order valence-corrected chi connectivity index (χ1v) is 5.18. The molecular weight excluding hydrogens is 184 g/mol. The molecule has 0 fully saturated rings. The monoisotopic (exact) mass is 192 g/mol. The fourth-order valence-electron chi connectivity index (χ4n) is 0.593. The van der Waals surface area contributed by atoms with E-state index in [1.807, 2.05) is 17.8 Å². The lowest BCUT2D eigenvalue weighted by molar-refractivity contribution is 1.11. The molecule has 0 spiro atoms. The summed E-state index contributed by atoms with van der Waals surface area (Å²) < 4.78 is 2.18. The number of rotatable bonds is 2. The Balaban J connectivity index is 2.58. The van der Waals surface area contributed by atoms with E-state index < -0.39 is 0 Å². The molecule has 0 atom stereocenters. The van der Waals surface area contributed by atoms with Crippen LogP contribution in [-0.4, -0.2) is 5.25 Å². The SMILES string of the molecule is CC(C)Sc1ccc(Cl)s1. The molecule has 0 radical (unpaired) electrons. The normalized spacial score (nSPS) is 10.8. The maximum Gasteiger partial charge on any atom is 0.0940 e. The third-order valence-corrected chi connectivity index (χ3v) is 3.30. The van der Waals surface area contributed by atoms with Gasteiger partial charge in [-0.25, -0.2) is 0 Å². The average molecular weight is 193 g/mol. The summed E-state index contributed by atoms with van der Waals surface area (Å²) in [5, 5.41) is 0.648. The summed E-state index contributed by atoms with van der Waals surface area (Å²) >= 11 is 9.25. The molecule has 0 amide bonds. The highest BCUT2D eigenvalue weighted by atomic mass is 35.5. The van der Waals surface area contributed by atoms with E-state index in [0.717, 1.165) is 4.34 Å². The summed E-state index contributed by atoms with van der Waals surface area (Å²) in [5.41, 5.74) is 0. The van der Waals surface area contributed by atoms with Crippen LogP contribution in [0.1, 0.15) is 13.8 Å². The fraction of sp³-hybridized carbons (Fsp3) is 0.429. The van der Waals surface area contributed by atoms with Crippen molar-refractivity contribution in [1.29, 1.82) is 0 Å². The molecule has 1 heterocycles. The lowest BCUT2D eigenvalue weighted by Crippen LogP contribution is -1.81. The zero-order valence-corrected chi connectivity index (χ0v) is 8.32. The van der Waals surface area contributed by atoms with Gasteiger partial charge in [-0.05, 0) is 12.1 Å². The lowest BCUT2D eigenvalue weighted by Gasteiger charge is -1.98. The molecule has 0 unspecified atom stereocenters. The largest absolute Gasteiger partial charge is 0.117 e. The second-order valence-corrected chi connectivity index (χ2v) is 5.82. The number of thioether (sulfide) groups is 1. The minimum atomic E-state index is 0.648. The highest BCUT2D eigenvalue weighted by Crippen LogP contribution is 2.32. The van der Waals surface area contributed by atoms with Crippen molar-refractivity contribution < 1.29 is 0 Å². The molecule has 1 rings (SSSR count). The Morgan fingerprint density at radius 1 is 1.50 bits per heavy atom. The maximum absolute atomic E-state index is 5.75. The first-order valence-electron chi connectivity index (χ1n) is 3.10. The average Bonchev–Trinajstić information content (AvgIpc) is 2.13. The highest BCUT2D eigenvalue weighted by Gasteiger charge is 2.00. The van der Waals surface area contributed by atoms with E-state index in [4.69, 9.17) is 11.6 Å². The van der Waals surface area contributed by atoms with Gasteiger partial charge in [-0.15, -0.1) is 23.1 Å². The van der Waals surface area contributed by atoms with Gasteiger partial charge in [0.1, 0.15) is 0 Å². The first-order chi connectivity index (χ1) is 4.68. The Kier molecular flexibility index (Phi) is 3.08. The lowest BCUT2D eigenvalue weighted by atomic mass is 10.6. The summed E-state index contributed by atoms with van der Waals surface area (Å²) in [6.45, 7) is 4.36. The van der Waals surface area contributed by atoms with Gasteiger partial charge in [-0.2, -0.15) is 0 Å². The van der Waals surface area contributed by atoms with Crippen LogP contribution in [0.4, 0.5) is 0 Å². The van der Waals surface area contributed by atoms with E-state index >= 15 is 0 Å². The predicted molar refractivity (Wildman–Crippen MR) is 50.3 cm³/mol. The third kappa shape index (κ3) is 2.52. The van der Waals surface area contributed by atoms with Crippen molar-refractivity contribution in [2.24, 2.45) is 0 Å². The van der Waals surface area contributed by atoms with Crippen molar-refractivity contribution in [3.63, 3.8) is 0 Å². The van der Waals surface area contributed by atoms with E-state index in [-0.39, 0.29) is 0 Å². The second kappa shape index (κ2) is 3.65. The van der Waals surface area contributed by atoms with Crippen LogP contribution in [0.5, 0.6) is 0 Å². The second-order valence-electron chi connectivity index (χ2n) is 2.23. The van der Waals surface area contributed by atoms with Crippen molar-refractivity contribution >= 4 is 34.7 Å². The molecule has 3 heteroatoms. The van der Waals surface area contributed by atoms with Crippen molar-refractivity contribution in [2.45, 2.75) is 23.3 Å². The fourth-order valence-corrected chi connectivity index (χ4v) is 3.16. The van der Waals surface area contributed by atoms with Crippen LogP contribution >= 0.6 is 34.7 Å². The van der Waals surface area contributed by atoms with E-state index in [1.165, 1.54) is 4.21 Å². The minimum Gasteiger partial charge on any atom is -0.117 e. The Hall–Kier alpha value is 0.340. The predicted octanol–water partition coefficient (Wildman–Crippen LogP) is 3.90. The van der Waals surface area contributed by atoms with E-state index in [2.05, 4.69) is 19.9 Å². The van der Waals surface area contributed by atoms with Gasteiger partial charge in [-0.1, -0.05) is 25.4 Å². The number of hydrogen-bond donors (Lipinski definition) is 0. The van der Waals surface area contributed by atoms with Gasteiger partial charge >= 0.3 is 0 Å². The van der Waals surface area contributed by atoms with Crippen LogP contribution in [0.2, 0.25) is 4.34 Å². The van der Waals surface area contributed by atoms with Crippen molar-refractivity contribution in [3.8, 4) is 0 Å². The highest BCUT2D eigenvalue weighted by molar-refractivity contribution is 8.01. The standard InChI is InChI=1S/C7H9ClS2/c1-5(2)9-7-4-3-6(8)10-7/h3-5H,1-2H3.